The number of hydrogen-bond donors (Lipinski definition) is 1. The highest BCUT2D eigenvalue weighted by atomic mass is 16.5. The van der Waals surface area contributed by atoms with E-state index in [0.29, 0.717) is 13.2 Å². The number of nitrogens with zero attached hydrogens (tertiary/aromatic N) is 1. The zero-order chi connectivity index (χ0) is 7.68. The topological polar surface area (TPSA) is 61.3 Å². The highest BCUT2D eigenvalue weighted by Crippen LogP contribution is 2.19. The Hall–Kier alpha value is -0.870. The molecular formula is C7H10N2O2. The molecule has 1 aromatic heterocycles. The lowest BCUT2D eigenvalue weighted by molar-refractivity contribution is 0.109. The van der Waals surface area contributed by atoms with Crippen molar-refractivity contribution in [3.63, 3.8) is 0 Å². The molecule has 0 aliphatic carbocycles. The number of nitrogens with two attached hydrogens (primary N) is 1. The van der Waals surface area contributed by atoms with Crippen molar-refractivity contribution in [3.8, 4) is 0 Å². The van der Waals surface area contributed by atoms with E-state index in [1.54, 1.807) is 0 Å². The first-order chi connectivity index (χ1) is 5.42. The van der Waals surface area contributed by atoms with Crippen LogP contribution in [0.4, 0.5) is 0 Å². The Morgan fingerprint density at radius 1 is 1.55 bits per heavy atom. The molecule has 0 spiro atoms. The van der Waals surface area contributed by atoms with Gasteiger partial charge >= 0.3 is 0 Å². The van der Waals surface area contributed by atoms with Crippen LogP contribution in [-0.4, -0.2) is 11.8 Å². The van der Waals surface area contributed by atoms with Crippen molar-refractivity contribution in [2.75, 3.05) is 6.61 Å². The standard InChI is InChI=1S/C7H10N2O2/c8-3-7-5-4-10-2-1-6(5)9-11-7/h1-4,8H2. The molecule has 2 heterocycles. The molecular weight excluding hydrogens is 144 g/mol. The van der Waals surface area contributed by atoms with E-state index in [9.17, 15) is 0 Å². The van der Waals surface area contributed by atoms with E-state index in [1.807, 2.05) is 0 Å². The third-order valence-corrected chi connectivity index (χ3v) is 1.87. The van der Waals surface area contributed by atoms with Gasteiger partial charge in [-0.1, -0.05) is 5.16 Å². The second kappa shape index (κ2) is 2.64. The van der Waals surface area contributed by atoms with Gasteiger partial charge in [0.25, 0.3) is 0 Å². The second-order valence-corrected chi connectivity index (χ2v) is 2.54. The Bertz CT molecular complexity index is 243. The van der Waals surface area contributed by atoms with E-state index in [2.05, 4.69) is 5.16 Å². The molecule has 4 nitrogen and oxygen atoms in total. The molecule has 2 N–H and O–H groups in total. The van der Waals surface area contributed by atoms with Gasteiger partial charge in [0.15, 0.2) is 5.76 Å². The summed E-state index contributed by atoms with van der Waals surface area (Å²) in [6, 6.07) is 0. The van der Waals surface area contributed by atoms with Crippen LogP contribution in [0.15, 0.2) is 4.52 Å². The van der Waals surface area contributed by atoms with Gasteiger partial charge in [0.05, 0.1) is 25.5 Å². The molecule has 0 radical (unpaired) electrons. The van der Waals surface area contributed by atoms with Gasteiger partial charge in [-0.3, -0.25) is 0 Å². The van der Waals surface area contributed by atoms with Gasteiger partial charge in [0.2, 0.25) is 0 Å². The Labute approximate surface area is 64.3 Å². The quantitative estimate of drug-likeness (QED) is 0.628. The number of ether oxygens (including phenoxy) is 1. The van der Waals surface area contributed by atoms with Crippen molar-refractivity contribution in [1.29, 1.82) is 0 Å². The fourth-order valence-electron chi connectivity index (χ4n) is 1.25. The molecule has 0 amide bonds. The molecule has 0 saturated carbocycles. The van der Waals surface area contributed by atoms with Gasteiger partial charge in [-0.25, -0.2) is 0 Å². The van der Waals surface area contributed by atoms with Crippen LogP contribution in [0.25, 0.3) is 0 Å². The van der Waals surface area contributed by atoms with Gasteiger partial charge in [0.1, 0.15) is 0 Å². The normalized spacial score (nSPS) is 16.5. The maximum absolute atomic E-state index is 5.43. The predicted octanol–water partition coefficient (Wildman–Crippen LogP) is 0.206. The van der Waals surface area contributed by atoms with Crippen molar-refractivity contribution >= 4 is 0 Å². The van der Waals surface area contributed by atoms with Crippen LogP contribution in [0.5, 0.6) is 0 Å². The zero-order valence-electron chi connectivity index (χ0n) is 6.17. The molecule has 2 rings (SSSR count). The first kappa shape index (κ1) is 6.82. The largest absolute Gasteiger partial charge is 0.376 e. The fourth-order valence-corrected chi connectivity index (χ4v) is 1.25. The number of fused-ring (bicyclic) bond motifs is 1. The van der Waals surface area contributed by atoms with Crippen LogP contribution in [-0.2, 0) is 24.3 Å². The Morgan fingerprint density at radius 3 is 3.27 bits per heavy atom. The van der Waals surface area contributed by atoms with Crippen molar-refractivity contribution in [2.24, 2.45) is 5.73 Å². The average Bonchev–Trinajstić information content (AvgIpc) is 2.47. The number of hydrogen-bond acceptors (Lipinski definition) is 4. The molecule has 1 aliphatic heterocycles. The third kappa shape index (κ3) is 1.04. The van der Waals surface area contributed by atoms with E-state index in [-0.39, 0.29) is 0 Å². The smallest absolute Gasteiger partial charge is 0.156 e. The van der Waals surface area contributed by atoms with Gasteiger partial charge < -0.3 is 15.0 Å². The van der Waals surface area contributed by atoms with Crippen LogP contribution in [0.3, 0.4) is 0 Å². The molecule has 4 heteroatoms. The summed E-state index contributed by atoms with van der Waals surface area (Å²) in [5.41, 5.74) is 7.49. The Kier molecular flexibility index (Phi) is 1.63. The van der Waals surface area contributed by atoms with Crippen LogP contribution < -0.4 is 5.73 Å². The SMILES string of the molecule is NCc1onc2c1COCC2. The number of rotatable bonds is 1. The van der Waals surface area contributed by atoms with Gasteiger partial charge in [-0.05, 0) is 0 Å². The molecule has 0 aromatic carbocycles. The lowest BCUT2D eigenvalue weighted by Gasteiger charge is -2.09. The highest BCUT2D eigenvalue weighted by molar-refractivity contribution is 5.23. The maximum Gasteiger partial charge on any atom is 0.156 e. The summed E-state index contributed by atoms with van der Waals surface area (Å²) >= 11 is 0. The van der Waals surface area contributed by atoms with E-state index < -0.39 is 0 Å². The van der Waals surface area contributed by atoms with Gasteiger partial charge in [0, 0.05) is 12.0 Å². The minimum atomic E-state index is 0.408. The van der Waals surface area contributed by atoms with Crippen molar-refractivity contribution in [1.82, 2.24) is 5.16 Å². The predicted molar refractivity (Wildman–Crippen MR) is 37.8 cm³/mol. The second-order valence-electron chi connectivity index (χ2n) is 2.54. The number of aromatic nitrogens is 1. The summed E-state index contributed by atoms with van der Waals surface area (Å²) in [6.07, 6.45) is 0.846. The lowest BCUT2D eigenvalue weighted by Crippen LogP contribution is -2.10. The van der Waals surface area contributed by atoms with Crippen molar-refractivity contribution in [3.05, 3.63) is 17.0 Å². The molecule has 1 aliphatic rings. The van der Waals surface area contributed by atoms with Crippen LogP contribution in [0.1, 0.15) is 17.0 Å². The molecule has 0 fully saturated rings. The summed E-state index contributed by atoms with van der Waals surface area (Å²) in [4.78, 5) is 0. The lowest BCUT2D eigenvalue weighted by atomic mass is 10.1. The summed E-state index contributed by atoms with van der Waals surface area (Å²) < 4.78 is 10.3. The van der Waals surface area contributed by atoms with Crippen molar-refractivity contribution in [2.45, 2.75) is 19.6 Å². The summed E-state index contributed by atoms with van der Waals surface area (Å²) in [5.74, 6) is 0.764. The van der Waals surface area contributed by atoms with Gasteiger partial charge in [-0.15, -0.1) is 0 Å². The average molecular weight is 154 g/mol. The first-order valence-corrected chi connectivity index (χ1v) is 3.66. The zero-order valence-corrected chi connectivity index (χ0v) is 6.17. The van der Waals surface area contributed by atoms with E-state index in [1.165, 1.54) is 0 Å². The molecule has 1 aromatic rings. The summed E-state index contributed by atoms with van der Waals surface area (Å²) in [5, 5.41) is 3.89. The van der Waals surface area contributed by atoms with E-state index in [4.69, 9.17) is 15.0 Å². The van der Waals surface area contributed by atoms with Crippen LogP contribution >= 0.6 is 0 Å². The molecule has 60 valence electrons. The Morgan fingerprint density at radius 2 is 2.45 bits per heavy atom. The molecule has 0 atom stereocenters. The molecule has 0 saturated heterocycles. The fraction of sp³-hybridized carbons (Fsp3) is 0.571. The molecule has 11 heavy (non-hydrogen) atoms. The maximum atomic E-state index is 5.43. The van der Waals surface area contributed by atoms with E-state index >= 15 is 0 Å². The van der Waals surface area contributed by atoms with E-state index in [0.717, 1.165) is 30.0 Å². The van der Waals surface area contributed by atoms with Crippen LogP contribution in [0, 0.1) is 0 Å². The summed E-state index contributed by atoms with van der Waals surface area (Å²) in [7, 11) is 0. The molecule has 0 bridgehead atoms. The monoisotopic (exact) mass is 154 g/mol. The van der Waals surface area contributed by atoms with Crippen molar-refractivity contribution < 1.29 is 9.26 Å². The van der Waals surface area contributed by atoms with Crippen LogP contribution in [0.2, 0.25) is 0 Å². The third-order valence-electron chi connectivity index (χ3n) is 1.87. The minimum absolute atomic E-state index is 0.408. The first-order valence-electron chi connectivity index (χ1n) is 3.66. The van der Waals surface area contributed by atoms with Gasteiger partial charge in [-0.2, -0.15) is 0 Å². The highest BCUT2D eigenvalue weighted by Gasteiger charge is 2.18. The summed E-state index contributed by atoms with van der Waals surface area (Å²) in [6.45, 7) is 1.75. The minimum Gasteiger partial charge on any atom is -0.376 e. The Balaban J connectivity index is 2.38. The molecule has 0 unspecified atom stereocenters.